The van der Waals surface area contributed by atoms with Crippen LogP contribution in [0.25, 0.3) is 0 Å². The van der Waals surface area contributed by atoms with Gasteiger partial charge in [-0.25, -0.2) is 0 Å². The van der Waals surface area contributed by atoms with Gasteiger partial charge >= 0.3 is 0 Å². The molecule has 0 aliphatic carbocycles. The quantitative estimate of drug-likeness (QED) is 0.736. The van der Waals surface area contributed by atoms with Crippen LogP contribution in [0.15, 0.2) is 30.3 Å². The van der Waals surface area contributed by atoms with Gasteiger partial charge in [-0.15, -0.1) is 0 Å². The lowest BCUT2D eigenvalue weighted by Gasteiger charge is -2.19. The van der Waals surface area contributed by atoms with Crippen molar-refractivity contribution in [1.82, 2.24) is 4.90 Å². The summed E-state index contributed by atoms with van der Waals surface area (Å²) in [6, 6.07) is 10.00. The smallest absolute Gasteiger partial charge is 0.224 e. The summed E-state index contributed by atoms with van der Waals surface area (Å²) in [5.74, 6) is 0.191. The molecule has 80 valence electrons. The molecule has 0 bridgehead atoms. The second kappa shape index (κ2) is 4.94. The Bertz CT molecular complexity index is 324. The van der Waals surface area contributed by atoms with Crippen molar-refractivity contribution in [2.75, 3.05) is 13.3 Å². The van der Waals surface area contributed by atoms with Crippen molar-refractivity contribution in [3.63, 3.8) is 0 Å². The minimum absolute atomic E-state index is 0.191. The molecule has 0 aromatic heterocycles. The van der Waals surface area contributed by atoms with Crippen molar-refractivity contribution in [2.45, 2.75) is 19.4 Å². The summed E-state index contributed by atoms with van der Waals surface area (Å²) in [7, 11) is 0. The zero-order valence-corrected chi connectivity index (χ0v) is 8.69. The first-order chi connectivity index (χ1) is 7.36. The van der Waals surface area contributed by atoms with Gasteiger partial charge in [-0.2, -0.15) is 0 Å². The fraction of sp³-hybridized carbons (Fsp3) is 0.417. The highest BCUT2D eigenvalue weighted by atomic mass is 16.5. The summed E-state index contributed by atoms with van der Waals surface area (Å²) >= 11 is 0. The number of hydrogen-bond donors (Lipinski definition) is 0. The van der Waals surface area contributed by atoms with Crippen LogP contribution in [0, 0.1) is 0 Å². The summed E-state index contributed by atoms with van der Waals surface area (Å²) < 4.78 is 5.35. The highest BCUT2D eigenvalue weighted by molar-refractivity contribution is 5.76. The summed E-state index contributed by atoms with van der Waals surface area (Å²) in [5, 5.41) is 0. The third kappa shape index (κ3) is 2.80. The van der Waals surface area contributed by atoms with Crippen LogP contribution in [-0.2, 0) is 16.1 Å². The van der Waals surface area contributed by atoms with E-state index in [0.717, 1.165) is 12.0 Å². The summed E-state index contributed by atoms with van der Waals surface area (Å²) in [5.41, 5.74) is 1.15. The summed E-state index contributed by atoms with van der Waals surface area (Å²) in [4.78, 5) is 13.4. The van der Waals surface area contributed by atoms with Crippen LogP contribution in [0.3, 0.4) is 0 Å². The van der Waals surface area contributed by atoms with Gasteiger partial charge in [0.15, 0.2) is 0 Å². The van der Waals surface area contributed by atoms with Crippen molar-refractivity contribution in [1.29, 1.82) is 0 Å². The Morgan fingerprint density at radius 2 is 2.07 bits per heavy atom. The van der Waals surface area contributed by atoms with Gasteiger partial charge in [0.1, 0.15) is 6.73 Å². The van der Waals surface area contributed by atoms with Gasteiger partial charge in [-0.3, -0.25) is 4.79 Å². The Labute approximate surface area is 89.7 Å². The van der Waals surface area contributed by atoms with E-state index in [1.807, 2.05) is 30.3 Å². The van der Waals surface area contributed by atoms with Crippen molar-refractivity contribution < 1.29 is 9.53 Å². The number of carbonyl (C=O) groups excluding carboxylic acids is 1. The molecular formula is C12H15NO2. The van der Waals surface area contributed by atoms with Crippen LogP contribution in [0.4, 0.5) is 0 Å². The molecule has 1 aromatic carbocycles. The second-order valence-electron chi connectivity index (χ2n) is 3.72. The topological polar surface area (TPSA) is 29.5 Å². The van der Waals surface area contributed by atoms with Crippen LogP contribution in [0.5, 0.6) is 0 Å². The summed E-state index contributed by atoms with van der Waals surface area (Å²) in [6.07, 6.45) is 1.44. The zero-order chi connectivity index (χ0) is 10.5. The SMILES string of the molecule is O=C1CCCOCN1Cc1ccccc1. The van der Waals surface area contributed by atoms with Crippen molar-refractivity contribution in [3.05, 3.63) is 35.9 Å². The van der Waals surface area contributed by atoms with Crippen LogP contribution in [0.1, 0.15) is 18.4 Å². The lowest BCUT2D eigenvalue weighted by atomic mass is 10.2. The zero-order valence-electron chi connectivity index (χ0n) is 8.69. The molecule has 0 atom stereocenters. The van der Waals surface area contributed by atoms with E-state index < -0.39 is 0 Å². The number of amides is 1. The maximum atomic E-state index is 11.7. The van der Waals surface area contributed by atoms with Crippen LogP contribution in [0.2, 0.25) is 0 Å². The molecule has 1 aromatic rings. The fourth-order valence-electron chi connectivity index (χ4n) is 1.67. The van der Waals surface area contributed by atoms with Gasteiger partial charge < -0.3 is 9.64 Å². The molecule has 0 spiro atoms. The van der Waals surface area contributed by atoms with Crippen molar-refractivity contribution in [3.8, 4) is 0 Å². The first kappa shape index (κ1) is 10.2. The van der Waals surface area contributed by atoms with Gasteiger partial charge in [0.05, 0.1) is 0 Å². The minimum atomic E-state index is 0.191. The lowest BCUT2D eigenvalue weighted by Crippen LogP contribution is -2.30. The number of carbonyl (C=O) groups is 1. The van der Waals surface area contributed by atoms with Gasteiger partial charge in [-0.1, -0.05) is 30.3 Å². The van der Waals surface area contributed by atoms with Gasteiger partial charge in [-0.05, 0) is 12.0 Å². The lowest BCUT2D eigenvalue weighted by molar-refractivity contribution is -0.134. The van der Waals surface area contributed by atoms with Gasteiger partial charge in [0.25, 0.3) is 0 Å². The molecule has 1 heterocycles. The molecular weight excluding hydrogens is 190 g/mol. The van der Waals surface area contributed by atoms with Gasteiger partial charge in [0.2, 0.25) is 5.91 Å². The molecule has 0 radical (unpaired) electrons. The number of benzene rings is 1. The van der Waals surface area contributed by atoms with Crippen LogP contribution >= 0.6 is 0 Å². The molecule has 3 nitrogen and oxygen atoms in total. The molecule has 3 heteroatoms. The standard InChI is InChI=1S/C12H15NO2/c14-12-7-4-8-15-10-13(12)9-11-5-2-1-3-6-11/h1-3,5-6H,4,7-10H2. The molecule has 1 fully saturated rings. The monoisotopic (exact) mass is 205 g/mol. The van der Waals surface area contributed by atoms with Crippen LogP contribution < -0.4 is 0 Å². The third-order valence-corrected chi connectivity index (χ3v) is 2.50. The third-order valence-electron chi connectivity index (χ3n) is 2.50. The van der Waals surface area contributed by atoms with Gasteiger partial charge in [0, 0.05) is 19.6 Å². The minimum Gasteiger partial charge on any atom is -0.361 e. The van der Waals surface area contributed by atoms with E-state index in [4.69, 9.17) is 4.74 Å². The average molecular weight is 205 g/mol. The Balaban J connectivity index is 2.01. The Hall–Kier alpha value is -1.35. The molecule has 15 heavy (non-hydrogen) atoms. The predicted molar refractivity (Wildman–Crippen MR) is 57.0 cm³/mol. The Kier molecular flexibility index (Phi) is 3.35. The van der Waals surface area contributed by atoms with E-state index in [9.17, 15) is 4.79 Å². The largest absolute Gasteiger partial charge is 0.361 e. The first-order valence-corrected chi connectivity index (χ1v) is 5.26. The van der Waals surface area contributed by atoms with E-state index in [2.05, 4.69) is 0 Å². The maximum Gasteiger partial charge on any atom is 0.224 e. The number of nitrogens with zero attached hydrogens (tertiary/aromatic N) is 1. The van der Waals surface area contributed by atoms with E-state index in [-0.39, 0.29) is 5.91 Å². The number of rotatable bonds is 2. The maximum absolute atomic E-state index is 11.7. The average Bonchev–Trinajstić information content (AvgIpc) is 2.46. The summed E-state index contributed by atoms with van der Waals surface area (Å²) in [6.45, 7) is 1.77. The Morgan fingerprint density at radius 3 is 2.87 bits per heavy atom. The normalized spacial score (nSPS) is 17.6. The highest BCUT2D eigenvalue weighted by Crippen LogP contribution is 2.10. The molecule has 2 rings (SSSR count). The van der Waals surface area contributed by atoms with Crippen molar-refractivity contribution in [2.24, 2.45) is 0 Å². The van der Waals surface area contributed by atoms with E-state index in [0.29, 0.717) is 26.3 Å². The molecule has 1 aliphatic rings. The molecule has 1 aliphatic heterocycles. The van der Waals surface area contributed by atoms with Crippen molar-refractivity contribution >= 4 is 5.91 Å². The molecule has 0 unspecified atom stereocenters. The fourth-order valence-corrected chi connectivity index (χ4v) is 1.67. The van der Waals surface area contributed by atoms with Crippen LogP contribution in [-0.4, -0.2) is 24.1 Å². The highest BCUT2D eigenvalue weighted by Gasteiger charge is 2.16. The van der Waals surface area contributed by atoms with E-state index in [1.165, 1.54) is 0 Å². The second-order valence-corrected chi connectivity index (χ2v) is 3.72. The van der Waals surface area contributed by atoms with E-state index in [1.54, 1.807) is 4.90 Å². The predicted octanol–water partition coefficient (Wildman–Crippen LogP) is 1.78. The molecule has 0 saturated carbocycles. The molecule has 0 N–H and O–H groups in total. The first-order valence-electron chi connectivity index (χ1n) is 5.26. The van der Waals surface area contributed by atoms with E-state index >= 15 is 0 Å². The molecule has 1 saturated heterocycles. The number of hydrogen-bond acceptors (Lipinski definition) is 2. The molecule has 1 amide bonds. The number of ether oxygens (including phenoxy) is 1. The Morgan fingerprint density at radius 1 is 1.27 bits per heavy atom.